The first-order valence-corrected chi connectivity index (χ1v) is 8.81. The van der Waals surface area contributed by atoms with Gasteiger partial charge in [-0.25, -0.2) is 4.79 Å². The molecule has 24 heavy (non-hydrogen) atoms. The van der Waals surface area contributed by atoms with Gasteiger partial charge in [0.15, 0.2) is 0 Å². The van der Waals surface area contributed by atoms with Crippen molar-refractivity contribution >= 4 is 6.09 Å². The number of aromatic nitrogens is 2. The highest BCUT2D eigenvalue weighted by Crippen LogP contribution is 2.36. The Labute approximate surface area is 144 Å². The number of rotatable bonds is 4. The van der Waals surface area contributed by atoms with E-state index in [0.29, 0.717) is 13.1 Å². The summed E-state index contributed by atoms with van der Waals surface area (Å²) in [6.45, 7) is 8.80. The smallest absolute Gasteiger partial charge is 0.410 e. The quantitative estimate of drug-likeness (QED) is 0.914. The number of hydrogen-bond donors (Lipinski definition) is 1. The molecule has 0 bridgehead atoms. The molecule has 1 aromatic heterocycles. The Bertz CT molecular complexity index is 618. The van der Waals surface area contributed by atoms with Crippen LogP contribution in [0, 0.1) is 5.41 Å². The number of hydrogen-bond acceptors (Lipinski definition) is 3. The molecule has 0 atom stereocenters. The topological polar surface area (TPSA) is 67.3 Å². The first-order valence-electron chi connectivity index (χ1n) is 8.81. The highest BCUT2D eigenvalue weighted by Gasteiger charge is 2.28. The highest BCUT2D eigenvalue weighted by atomic mass is 16.6. The maximum atomic E-state index is 12.2. The lowest BCUT2D eigenvalue weighted by molar-refractivity contribution is 0.0282. The van der Waals surface area contributed by atoms with Crippen LogP contribution in [0.4, 0.5) is 4.79 Å². The number of aromatic amines is 1. The van der Waals surface area contributed by atoms with E-state index in [-0.39, 0.29) is 11.0 Å². The van der Waals surface area contributed by atoms with Gasteiger partial charge in [0.2, 0.25) is 0 Å². The number of H-pyrrole nitrogens is 1. The van der Waals surface area contributed by atoms with E-state index in [1.54, 1.807) is 17.8 Å². The normalized spacial score (nSPS) is 17.5. The molecule has 6 heteroatoms. The molecule has 1 aromatic rings. The molecule has 0 spiro atoms. The molecule has 1 amide bonds. The van der Waals surface area contributed by atoms with E-state index in [9.17, 15) is 9.59 Å². The van der Waals surface area contributed by atoms with Gasteiger partial charge in [0.25, 0.3) is 5.56 Å². The van der Waals surface area contributed by atoms with Gasteiger partial charge < -0.3 is 9.64 Å². The zero-order valence-electron chi connectivity index (χ0n) is 15.6. The van der Waals surface area contributed by atoms with Crippen molar-refractivity contribution in [2.24, 2.45) is 5.41 Å². The average molecular weight is 337 g/mol. The van der Waals surface area contributed by atoms with Crippen molar-refractivity contribution < 1.29 is 9.53 Å². The van der Waals surface area contributed by atoms with Gasteiger partial charge in [-0.1, -0.05) is 26.2 Å². The summed E-state index contributed by atoms with van der Waals surface area (Å²) >= 11 is 0. The van der Waals surface area contributed by atoms with E-state index >= 15 is 0 Å². The lowest BCUT2D eigenvalue weighted by Gasteiger charge is -2.33. The molecule has 0 aromatic carbocycles. The van der Waals surface area contributed by atoms with Crippen LogP contribution in [0.5, 0.6) is 0 Å². The number of nitrogens with one attached hydrogen (secondary N) is 1. The molecule has 1 heterocycles. The Kier molecular flexibility index (Phi) is 5.45. The van der Waals surface area contributed by atoms with Crippen LogP contribution in [-0.4, -0.2) is 33.4 Å². The van der Waals surface area contributed by atoms with E-state index in [0.717, 1.165) is 18.5 Å². The summed E-state index contributed by atoms with van der Waals surface area (Å²) in [6.07, 6.45) is 5.69. The van der Waals surface area contributed by atoms with Gasteiger partial charge in [-0.05, 0) is 39.0 Å². The SMILES string of the molecule is CN(Cc1cc(=O)n(CC2(C)CCCCC2)[nH]1)C(=O)OC(C)(C)C. The summed E-state index contributed by atoms with van der Waals surface area (Å²) < 4.78 is 7.02. The van der Waals surface area contributed by atoms with E-state index in [2.05, 4.69) is 12.0 Å². The van der Waals surface area contributed by atoms with E-state index in [1.165, 1.54) is 24.2 Å². The maximum Gasteiger partial charge on any atom is 0.410 e. The summed E-state index contributed by atoms with van der Waals surface area (Å²) in [5.74, 6) is 0. The van der Waals surface area contributed by atoms with Gasteiger partial charge in [0.1, 0.15) is 5.60 Å². The first-order chi connectivity index (χ1) is 11.1. The summed E-state index contributed by atoms with van der Waals surface area (Å²) in [5.41, 5.74) is 0.351. The average Bonchev–Trinajstić information content (AvgIpc) is 2.76. The molecule has 1 aliphatic rings. The first kappa shape index (κ1) is 18.6. The lowest BCUT2D eigenvalue weighted by atomic mass is 9.76. The molecule has 0 saturated heterocycles. The Hall–Kier alpha value is -1.72. The van der Waals surface area contributed by atoms with Crippen LogP contribution >= 0.6 is 0 Å². The Morgan fingerprint density at radius 2 is 1.96 bits per heavy atom. The van der Waals surface area contributed by atoms with E-state index in [4.69, 9.17) is 4.74 Å². The third-order valence-electron chi connectivity index (χ3n) is 4.56. The van der Waals surface area contributed by atoms with Crippen LogP contribution in [-0.2, 0) is 17.8 Å². The van der Waals surface area contributed by atoms with Crippen LogP contribution in [0.2, 0.25) is 0 Å². The van der Waals surface area contributed by atoms with Crippen molar-refractivity contribution in [3.63, 3.8) is 0 Å². The minimum Gasteiger partial charge on any atom is -0.444 e. The number of ether oxygens (including phenoxy) is 1. The Morgan fingerprint density at radius 3 is 2.54 bits per heavy atom. The molecule has 0 unspecified atom stereocenters. The predicted octanol–water partition coefficient (Wildman–Crippen LogP) is 3.51. The lowest BCUT2D eigenvalue weighted by Crippen LogP contribution is -2.34. The van der Waals surface area contributed by atoms with Crippen molar-refractivity contribution in [1.29, 1.82) is 0 Å². The van der Waals surface area contributed by atoms with Gasteiger partial charge in [-0.2, -0.15) is 0 Å². The van der Waals surface area contributed by atoms with Crippen LogP contribution in [0.3, 0.4) is 0 Å². The molecule has 1 saturated carbocycles. The van der Waals surface area contributed by atoms with Gasteiger partial charge >= 0.3 is 6.09 Å². The largest absolute Gasteiger partial charge is 0.444 e. The predicted molar refractivity (Wildman–Crippen MR) is 93.9 cm³/mol. The van der Waals surface area contributed by atoms with Crippen molar-refractivity contribution in [2.75, 3.05) is 7.05 Å². The molecule has 1 N–H and O–H groups in total. The third kappa shape index (κ3) is 5.14. The van der Waals surface area contributed by atoms with Crippen molar-refractivity contribution in [2.45, 2.75) is 78.5 Å². The minimum atomic E-state index is -0.528. The monoisotopic (exact) mass is 337 g/mol. The van der Waals surface area contributed by atoms with Gasteiger partial charge in [-0.15, -0.1) is 0 Å². The molecular weight excluding hydrogens is 306 g/mol. The van der Waals surface area contributed by atoms with E-state index in [1.807, 2.05) is 20.8 Å². The number of carbonyl (C=O) groups is 1. The summed E-state index contributed by atoms with van der Waals surface area (Å²) in [5, 5.41) is 3.16. The van der Waals surface area contributed by atoms with Crippen LogP contribution in [0.25, 0.3) is 0 Å². The second-order valence-corrected chi connectivity index (χ2v) is 8.41. The third-order valence-corrected chi connectivity index (χ3v) is 4.56. The fourth-order valence-electron chi connectivity index (χ4n) is 3.29. The fraction of sp³-hybridized carbons (Fsp3) is 0.778. The number of amides is 1. The molecule has 0 radical (unpaired) electrons. The number of carbonyl (C=O) groups excluding carboxylic acids is 1. The van der Waals surface area contributed by atoms with Gasteiger partial charge in [0, 0.05) is 19.7 Å². The molecule has 2 rings (SSSR count). The summed E-state index contributed by atoms with van der Waals surface area (Å²) in [4.78, 5) is 25.7. The standard InChI is InChI=1S/C18H31N3O3/c1-17(2,3)24-16(23)20(5)12-14-11-15(22)21(19-14)13-18(4)9-7-6-8-10-18/h11,19H,6-10,12-13H2,1-5H3. The van der Waals surface area contributed by atoms with Crippen molar-refractivity contribution in [3.8, 4) is 0 Å². The van der Waals surface area contributed by atoms with Crippen LogP contribution < -0.4 is 5.56 Å². The molecule has 1 fully saturated rings. The molecule has 1 aliphatic carbocycles. The zero-order chi connectivity index (χ0) is 18.0. The van der Waals surface area contributed by atoms with E-state index < -0.39 is 11.7 Å². The minimum absolute atomic E-state index is 0.0330. The second-order valence-electron chi connectivity index (χ2n) is 8.41. The van der Waals surface area contributed by atoms with Crippen LogP contribution in [0.1, 0.15) is 65.5 Å². The summed E-state index contributed by atoms with van der Waals surface area (Å²) in [7, 11) is 1.67. The summed E-state index contributed by atoms with van der Waals surface area (Å²) in [6, 6.07) is 1.58. The molecule has 136 valence electrons. The zero-order valence-corrected chi connectivity index (χ0v) is 15.6. The highest BCUT2D eigenvalue weighted by molar-refractivity contribution is 5.67. The van der Waals surface area contributed by atoms with Crippen molar-refractivity contribution in [1.82, 2.24) is 14.7 Å². The molecular formula is C18H31N3O3. The van der Waals surface area contributed by atoms with Crippen molar-refractivity contribution in [3.05, 3.63) is 22.1 Å². The second kappa shape index (κ2) is 7.03. The Balaban J connectivity index is 2.00. The molecule has 0 aliphatic heterocycles. The van der Waals surface area contributed by atoms with Gasteiger partial charge in [0.05, 0.1) is 12.2 Å². The fourth-order valence-corrected chi connectivity index (χ4v) is 3.29. The van der Waals surface area contributed by atoms with Crippen LogP contribution in [0.15, 0.2) is 10.9 Å². The van der Waals surface area contributed by atoms with Gasteiger partial charge in [-0.3, -0.25) is 14.6 Å². The Morgan fingerprint density at radius 1 is 1.33 bits per heavy atom. The maximum absolute atomic E-state index is 12.2. The molecule has 6 nitrogen and oxygen atoms in total. The number of nitrogens with zero attached hydrogens (tertiary/aromatic N) is 2.